The smallest absolute Gasteiger partial charge is 0.416 e. The molecular formula is C26H25F3O3. The largest absolute Gasteiger partial charge is 0.497 e. The first-order valence-electron chi connectivity index (χ1n) is 10.3. The highest BCUT2D eigenvalue weighted by Gasteiger charge is 2.30. The second-order valence-corrected chi connectivity index (χ2v) is 7.44. The van der Waals surface area contributed by atoms with Gasteiger partial charge in [0.1, 0.15) is 5.75 Å². The molecule has 0 fully saturated rings. The number of carbonyl (C=O) groups is 1. The molecule has 3 aromatic rings. The van der Waals surface area contributed by atoms with E-state index in [1.807, 2.05) is 43.3 Å². The number of benzene rings is 3. The Kier molecular flexibility index (Phi) is 7.23. The SMILES string of the molecule is CCOC(=O)CCc1cc(OC)ccc1-c1ccc(-c2cccc(C(F)(F)F)c2)c(C)c1. The monoisotopic (exact) mass is 442 g/mol. The highest BCUT2D eigenvalue weighted by molar-refractivity contribution is 5.76. The molecule has 0 bridgehead atoms. The Bertz CT molecular complexity index is 1100. The molecule has 0 spiro atoms. The topological polar surface area (TPSA) is 35.5 Å². The summed E-state index contributed by atoms with van der Waals surface area (Å²) in [4.78, 5) is 11.8. The van der Waals surface area contributed by atoms with Crippen molar-refractivity contribution in [3.63, 3.8) is 0 Å². The summed E-state index contributed by atoms with van der Waals surface area (Å²) >= 11 is 0. The number of esters is 1. The molecule has 0 aromatic heterocycles. The predicted octanol–water partition coefficient (Wildman–Crippen LogP) is 6.85. The fourth-order valence-electron chi connectivity index (χ4n) is 3.67. The maximum Gasteiger partial charge on any atom is 0.416 e. The van der Waals surface area contributed by atoms with Gasteiger partial charge >= 0.3 is 12.1 Å². The summed E-state index contributed by atoms with van der Waals surface area (Å²) in [5.74, 6) is 0.419. The van der Waals surface area contributed by atoms with Crippen LogP contribution >= 0.6 is 0 Å². The maximum absolute atomic E-state index is 13.1. The summed E-state index contributed by atoms with van der Waals surface area (Å²) in [6.45, 7) is 3.98. The molecule has 32 heavy (non-hydrogen) atoms. The van der Waals surface area contributed by atoms with Gasteiger partial charge in [0.15, 0.2) is 0 Å². The first-order chi connectivity index (χ1) is 15.2. The summed E-state index contributed by atoms with van der Waals surface area (Å²) in [5.41, 5.74) is 4.23. The number of hydrogen-bond donors (Lipinski definition) is 0. The van der Waals surface area contributed by atoms with E-state index >= 15 is 0 Å². The number of alkyl halides is 3. The van der Waals surface area contributed by atoms with Gasteiger partial charge in [0.25, 0.3) is 0 Å². The molecule has 0 saturated heterocycles. The maximum atomic E-state index is 13.1. The normalized spacial score (nSPS) is 11.3. The first kappa shape index (κ1) is 23.4. The van der Waals surface area contributed by atoms with E-state index in [0.29, 0.717) is 24.3 Å². The van der Waals surface area contributed by atoms with Gasteiger partial charge in [-0.05, 0) is 77.9 Å². The quantitative estimate of drug-likeness (QED) is 0.375. The van der Waals surface area contributed by atoms with E-state index < -0.39 is 11.7 Å². The van der Waals surface area contributed by atoms with Crippen LogP contribution in [-0.2, 0) is 22.1 Å². The zero-order chi connectivity index (χ0) is 23.3. The molecule has 0 saturated carbocycles. The number of halogens is 3. The lowest BCUT2D eigenvalue weighted by Crippen LogP contribution is -2.06. The van der Waals surface area contributed by atoms with E-state index in [0.717, 1.165) is 33.9 Å². The lowest BCUT2D eigenvalue weighted by atomic mass is 9.92. The first-order valence-corrected chi connectivity index (χ1v) is 10.3. The number of rotatable bonds is 7. The second kappa shape index (κ2) is 9.90. The predicted molar refractivity (Wildman–Crippen MR) is 119 cm³/mol. The highest BCUT2D eigenvalue weighted by atomic mass is 19.4. The minimum absolute atomic E-state index is 0.245. The molecule has 168 valence electrons. The zero-order valence-corrected chi connectivity index (χ0v) is 18.3. The number of carbonyl (C=O) groups excluding carboxylic acids is 1. The van der Waals surface area contributed by atoms with E-state index in [-0.39, 0.29) is 12.4 Å². The van der Waals surface area contributed by atoms with Crippen molar-refractivity contribution < 1.29 is 27.4 Å². The van der Waals surface area contributed by atoms with Crippen LogP contribution in [0.5, 0.6) is 5.75 Å². The number of aryl methyl sites for hydroxylation is 2. The highest BCUT2D eigenvalue weighted by Crippen LogP contribution is 2.35. The summed E-state index contributed by atoms with van der Waals surface area (Å²) in [6, 6.07) is 16.7. The summed E-state index contributed by atoms with van der Waals surface area (Å²) < 4.78 is 49.7. The number of methoxy groups -OCH3 is 1. The van der Waals surface area contributed by atoms with Crippen LogP contribution in [-0.4, -0.2) is 19.7 Å². The molecular weight excluding hydrogens is 417 g/mol. The summed E-state index contributed by atoms with van der Waals surface area (Å²) in [6.07, 6.45) is -3.66. The Morgan fingerprint density at radius 1 is 0.938 bits per heavy atom. The average Bonchev–Trinajstić information content (AvgIpc) is 2.77. The van der Waals surface area contributed by atoms with E-state index in [4.69, 9.17) is 9.47 Å². The zero-order valence-electron chi connectivity index (χ0n) is 18.3. The Hall–Kier alpha value is -3.28. The molecule has 3 nitrogen and oxygen atoms in total. The van der Waals surface area contributed by atoms with Crippen LogP contribution in [0, 0.1) is 6.92 Å². The Balaban J connectivity index is 1.96. The van der Waals surface area contributed by atoms with Crippen molar-refractivity contribution in [2.75, 3.05) is 13.7 Å². The molecule has 0 heterocycles. The van der Waals surface area contributed by atoms with Gasteiger partial charge in [-0.15, -0.1) is 0 Å². The van der Waals surface area contributed by atoms with Gasteiger partial charge in [-0.2, -0.15) is 13.2 Å². The van der Waals surface area contributed by atoms with Crippen molar-refractivity contribution in [3.8, 4) is 28.0 Å². The Labute approximate surface area is 185 Å². The van der Waals surface area contributed by atoms with Crippen LogP contribution in [0.2, 0.25) is 0 Å². The Morgan fingerprint density at radius 2 is 1.66 bits per heavy atom. The average molecular weight is 442 g/mol. The summed E-state index contributed by atoms with van der Waals surface area (Å²) in [5, 5.41) is 0. The lowest BCUT2D eigenvalue weighted by Gasteiger charge is -2.15. The number of ether oxygens (including phenoxy) is 2. The van der Waals surface area contributed by atoms with Crippen molar-refractivity contribution in [2.24, 2.45) is 0 Å². The molecule has 3 aromatic carbocycles. The molecule has 6 heteroatoms. The summed E-state index contributed by atoms with van der Waals surface area (Å²) in [7, 11) is 1.58. The molecule has 0 radical (unpaired) electrons. The van der Waals surface area contributed by atoms with E-state index in [1.165, 1.54) is 12.1 Å². The van der Waals surface area contributed by atoms with Gasteiger partial charge in [-0.3, -0.25) is 4.79 Å². The fraction of sp³-hybridized carbons (Fsp3) is 0.269. The van der Waals surface area contributed by atoms with Crippen LogP contribution in [0.25, 0.3) is 22.3 Å². The van der Waals surface area contributed by atoms with Crippen LogP contribution in [0.15, 0.2) is 60.7 Å². The van der Waals surface area contributed by atoms with Gasteiger partial charge in [0, 0.05) is 6.42 Å². The molecule has 0 amide bonds. The molecule has 0 unspecified atom stereocenters. The molecule has 0 aliphatic carbocycles. The standard InChI is InChI=1S/C26H25F3O3/c1-4-32-25(30)13-9-20-16-22(31-3)10-12-24(20)19-8-11-23(17(2)14-19)18-6-5-7-21(15-18)26(27,28)29/h5-8,10-12,14-16H,4,9,13H2,1-3H3. The van der Waals surface area contributed by atoms with Crippen molar-refractivity contribution in [2.45, 2.75) is 32.9 Å². The van der Waals surface area contributed by atoms with E-state index in [9.17, 15) is 18.0 Å². The molecule has 3 rings (SSSR count). The van der Waals surface area contributed by atoms with Gasteiger partial charge in [0.05, 0.1) is 19.3 Å². The van der Waals surface area contributed by atoms with E-state index in [1.54, 1.807) is 20.1 Å². The molecule has 0 aliphatic rings. The van der Waals surface area contributed by atoms with E-state index in [2.05, 4.69) is 0 Å². The van der Waals surface area contributed by atoms with Gasteiger partial charge < -0.3 is 9.47 Å². The van der Waals surface area contributed by atoms with Gasteiger partial charge in [-0.25, -0.2) is 0 Å². The second-order valence-electron chi connectivity index (χ2n) is 7.44. The molecule has 0 N–H and O–H groups in total. The van der Waals surface area contributed by atoms with Crippen LogP contribution in [0.1, 0.15) is 30.0 Å². The van der Waals surface area contributed by atoms with Crippen molar-refractivity contribution in [3.05, 3.63) is 77.4 Å². The van der Waals surface area contributed by atoms with Crippen molar-refractivity contribution in [1.29, 1.82) is 0 Å². The fourth-order valence-corrected chi connectivity index (χ4v) is 3.67. The van der Waals surface area contributed by atoms with Crippen molar-refractivity contribution >= 4 is 5.97 Å². The lowest BCUT2D eigenvalue weighted by molar-refractivity contribution is -0.143. The molecule has 0 aliphatic heterocycles. The molecule has 0 atom stereocenters. The Morgan fingerprint density at radius 3 is 2.31 bits per heavy atom. The van der Waals surface area contributed by atoms with Gasteiger partial charge in [0.2, 0.25) is 0 Å². The van der Waals surface area contributed by atoms with Gasteiger partial charge in [-0.1, -0.05) is 36.4 Å². The van der Waals surface area contributed by atoms with Crippen LogP contribution in [0.3, 0.4) is 0 Å². The minimum atomic E-state index is -4.39. The third kappa shape index (κ3) is 5.49. The van der Waals surface area contributed by atoms with Crippen LogP contribution in [0.4, 0.5) is 13.2 Å². The minimum Gasteiger partial charge on any atom is -0.497 e. The number of hydrogen-bond acceptors (Lipinski definition) is 3. The third-order valence-corrected chi connectivity index (χ3v) is 5.25. The third-order valence-electron chi connectivity index (χ3n) is 5.25. The van der Waals surface area contributed by atoms with Crippen molar-refractivity contribution in [1.82, 2.24) is 0 Å². The van der Waals surface area contributed by atoms with Crippen LogP contribution < -0.4 is 4.74 Å².